The molecule has 1 N–H and O–H groups in total. The van der Waals surface area contributed by atoms with Crippen LogP contribution in [0.4, 0.5) is 8.78 Å². The number of alkyl halides is 2. The molecule has 0 amide bonds. The third-order valence-electron chi connectivity index (χ3n) is 3.92. The molecule has 1 atom stereocenters. The van der Waals surface area contributed by atoms with Gasteiger partial charge in [-0.2, -0.15) is 8.78 Å². The second kappa shape index (κ2) is 7.71. The lowest BCUT2D eigenvalue weighted by Gasteiger charge is -2.22. The average Bonchev–Trinajstić information content (AvgIpc) is 3.28. The third-order valence-corrected chi connectivity index (χ3v) is 3.92. The number of hydrogen-bond acceptors (Lipinski definition) is 3. The normalized spacial score (nSPS) is 16.5. The summed E-state index contributed by atoms with van der Waals surface area (Å²) >= 11 is 0. The molecule has 0 aliphatic heterocycles. The molecule has 0 radical (unpaired) electrons. The van der Waals surface area contributed by atoms with E-state index in [0.29, 0.717) is 0 Å². The number of nitrogens with zero attached hydrogens (tertiary/aromatic N) is 1. The Kier molecular flexibility index (Phi) is 5.94. The smallest absolute Gasteiger partial charge is 0.387 e. The highest BCUT2D eigenvalue weighted by Gasteiger charge is 2.27. The number of para-hydroxylation sites is 1. The van der Waals surface area contributed by atoms with Crippen molar-refractivity contribution in [2.45, 2.75) is 45.4 Å². The van der Waals surface area contributed by atoms with Gasteiger partial charge in [0.25, 0.3) is 0 Å². The molecule has 0 aromatic heterocycles. The topological polar surface area (TPSA) is 24.5 Å². The monoisotopic (exact) mass is 298 g/mol. The number of halogens is 2. The van der Waals surface area contributed by atoms with Crippen LogP contribution in [0.3, 0.4) is 0 Å². The molecule has 1 aliphatic rings. The van der Waals surface area contributed by atoms with Crippen LogP contribution in [0.15, 0.2) is 24.3 Å². The Balaban J connectivity index is 1.86. The van der Waals surface area contributed by atoms with Crippen LogP contribution in [0.1, 0.15) is 38.3 Å². The molecule has 0 spiro atoms. The van der Waals surface area contributed by atoms with Crippen molar-refractivity contribution in [2.75, 3.05) is 19.6 Å². The standard InChI is InChI=1S/C16H24F2N2O/c1-3-20(13-8-9-13)11-10-19-12(2)14-6-4-5-7-15(14)21-16(17)18/h4-7,12-13,16,19H,3,8-11H2,1-2H3. The van der Waals surface area contributed by atoms with Crippen molar-refractivity contribution in [2.24, 2.45) is 0 Å². The number of hydrogen-bond donors (Lipinski definition) is 1. The lowest BCUT2D eigenvalue weighted by molar-refractivity contribution is -0.0506. The minimum absolute atomic E-state index is 0.0159. The van der Waals surface area contributed by atoms with E-state index in [0.717, 1.165) is 31.2 Å². The Labute approximate surface area is 125 Å². The fourth-order valence-electron chi connectivity index (χ4n) is 2.61. The third kappa shape index (κ3) is 4.93. The van der Waals surface area contributed by atoms with E-state index in [4.69, 9.17) is 0 Å². The fourth-order valence-corrected chi connectivity index (χ4v) is 2.61. The molecule has 1 saturated carbocycles. The maximum absolute atomic E-state index is 12.4. The van der Waals surface area contributed by atoms with Crippen molar-refractivity contribution in [1.29, 1.82) is 0 Å². The van der Waals surface area contributed by atoms with E-state index in [2.05, 4.69) is 21.9 Å². The summed E-state index contributed by atoms with van der Waals surface area (Å²) in [5, 5.41) is 3.39. The second-order valence-corrected chi connectivity index (χ2v) is 5.45. The molecule has 1 aromatic rings. The van der Waals surface area contributed by atoms with Crippen LogP contribution in [0.2, 0.25) is 0 Å². The van der Waals surface area contributed by atoms with Gasteiger partial charge in [0.1, 0.15) is 5.75 Å². The van der Waals surface area contributed by atoms with Crippen molar-refractivity contribution in [3.8, 4) is 5.75 Å². The largest absolute Gasteiger partial charge is 0.434 e. The van der Waals surface area contributed by atoms with Crippen molar-refractivity contribution in [3.05, 3.63) is 29.8 Å². The van der Waals surface area contributed by atoms with Gasteiger partial charge in [0.05, 0.1) is 0 Å². The van der Waals surface area contributed by atoms with Gasteiger partial charge in [0, 0.05) is 30.7 Å². The molecule has 5 heteroatoms. The summed E-state index contributed by atoms with van der Waals surface area (Å²) in [4.78, 5) is 2.46. The van der Waals surface area contributed by atoms with Crippen LogP contribution in [0.5, 0.6) is 5.75 Å². The minimum Gasteiger partial charge on any atom is -0.434 e. The van der Waals surface area contributed by atoms with E-state index < -0.39 is 6.61 Å². The highest BCUT2D eigenvalue weighted by atomic mass is 19.3. The number of ether oxygens (including phenoxy) is 1. The first kappa shape index (κ1) is 16.2. The number of rotatable bonds is 9. The SMILES string of the molecule is CCN(CCNC(C)c1ccccc1OC(F)F)C1CC1. The molecule has 0 heterocycles. The summed E-state index contributed by atoms with van der Waals surface area (Å²) in [6, 6.07) is 7.70. The first-order chi connectivity index (χ1) is 10.1. The minimum atomic E-state index is -2.79. The van der Waals surface area contributed by atoms with E-state index in [-0.39, 0.29) is 11.8 Å². The van der Waals surface area contributed by atoms with Gasteiger partial charge in [0.15, 0.2) is 0 Å². The van der Waals surface area contributed by atoms with Crippen molar-refractivity contribution in [1.82, 2.24) is 10.2 Å². The number of likely N-dealkylation sites (N-methyl/N-ethyl adjacent to an activating group) is 1. The van der Waals surface area contributed by atoms with Gasteiger partial charge in [-0.25, -0.2) is 0 Å². The predicted octanol–water partition coefficient (Wildman–Crippen LogP) is 3.42. The van der Waals surface area contributed by atoms with E-state index in [1.165, 1.54) is 12.8 Å². The van der Waals surface area contributed by atoms with Gasteiger partial charge in [-0.3, -0.25) is 4.90 Å². The van der Waals surface area contributed by atoms with Crippen LogP contribution in [-0.4, -0.2) is 37.2 Å². The van der Waals surface area contributed by atoms with Crippen LogP contribution >= 0.6 is 0 Å². The van der Waals surface area contributed by atoms with Crippen molar-refractivity contribution >= 4 is 0 Å². The maximum atomic E-state index is 12.4. The predicted molar refractivity (Wildman–Crippen MR) is 79.8 cm³/mol. The summed E-state index contributed by atoms with van der Waals surface area (Å²) < 4.78 is 29.4. The summed E-state index contributed by atoms with van der Waals surface area (Å²) in [6.07, 6.45) is 2.60. The summed E-state index contributed by atoms with van der Waals surface area (Å²) in [6.45, 7) is 4.25. The zero-order valence-corrected chi connectivity index (χ0v) is 12.7. The first-order valence-corrected chi connectivity index (χ1v) is 7.63. The maximum Gasteiger partial charge on any atom is 0.387 e. The molecule has 3 nitrogen and oxygen atoms in total. The molecule has 1 aliphatic carbocycles. The molecule has 0 bridgehead atoms. The Bertz CT molecular complexity index is 438. The number of benzene rings is 1. The summed E-state index contributed by atoms with van der Waals surface area (Å²) in [5.41, 5.74) is 0.771. The van der Waals surface area contributed by atoms with Gasteiger partial charge < -0.3 is 10.1 Å². The van der Waals surface area contributed by atoms with Crippen molar-refractivity contribution < 1.29 is 13.5 Å². The second-order valence-electron chi connectivity index (χ2n) is 5.45. The molecule has 1 aromatic carbocycles. The molecule has 1 unspecified atom stereocenters. The Morgan fingerprint density at radius 3 is 2.67 bits per heavy atom. The molecular formula is C16H24F2N2O. The van der Waals surface area contributed by atoms with E-state index in [9.17, 15) is 8.78 Å². The van der Waals surface area contributed by atoms with Crippen LogP contribution in [0.25, 0.3) is 0 Å². The van der Waals surface area contributed by atoms with E-state index >= 15 is 0 Å². The molecule has 0 saturated heterocycles. The molecule has 2 rings (SSSR count). The van der Waals surface area contributed by atoms with Gasteiger partial charge in [-0.1, -0.05) is 25.1 Å². The quantitative estimate of drug-likeness (QED) is 0.756. The molecule has 1 fully saturated rings. The fraction of sp³-hybridized carbons (Fsp3) is 0.625. The highest BCUT2D eigenvalue weighted by Crippen LogP contribution is 2.27. The lowest BCUT2D eigenvalue weighted by Crippen LogP contribution is -2.34. The average molecular weight is 298 g/mol. The molecule has 21 heavy (non-hydrogen) atoms. The van der Waals surface area contributed by atoms with Gasteiger partial charge in [-0.05, 0) is 32.4 Å². The zero-order chi connectivity index (χ0) is 15.2. The molecule has 118 valence electrons. The Morgan fingerprint density at radius 1 is 1.33 bits per heavy atom. The van der Waals surface area contributed by atoms with E-state index in [1.807, 2.05) is 19.1 Å². The highest BCUT2D eigenvalue weighted by molar-refractivity contribution is 5.35. The summed E-state index contributed by atoms with van der Waals surface area (Å²) in [5.74, 6) is 0.252. The van der Waals surface area contributed by atoms with Gasteiger partial charge >= 0.3 is 6.61 Å². The Hall–Kier alpha value is -1.20. The van der Waals surface area contributed by atoms with E-state index in [1.54, 1.807) is 12.1 Å². The van der Waals surface area contributed by atoms with Crippen LogP contribution in [-0.2, 0) is 0 Å². The van der Waals surface area contributed by atoms with Crippen LogP contribution in [0, 0.1) is 0 Å². The van der Waals surface area contributed by atoms with Crippen LogP contribution < -0.4 is 10.1 Å². The number of nitrogens with one attached hydrogen (secondary N) is 1. The summed E-state index contributed by atoms with van der Waals surface area (Å²) in [7, 11) is 0. The molecular weight excluding hydrogens is 274 g/mol. The lowest BCUT2D eigenvalue weighted by atomic mass is 10.1. The first-order valence-electron chi connectivity index (χ1n) is 7.63. The Morgan fingerprint density at radius 2 is 2.05 bits per heavy atom. The van der Waals surface area contributed by atoms with Gasteiger partial charge in [-0.15, -0.1) is 0 Å². The van der Waals surface area contributed by atoms with Gasteiger partial charge in [0.2, 0.25) is 0 Å². The zero-order valence-electron chi connectivity index (χ0n) is 12.7. The van der Waals surface area contributed by atoms with Crippen molar-refractivity contribution in [3.63, 3.8) is 0 Å².